The van der Waals surface area contributed by atoms with Crippen molar-refractivity contribution in [1.29, 1.82) is 0 Å². The van der Waals surface area contributed by atoms with E-state index in [1.165, 1.54) is 0 Å². The van der Waals surface area contributed by atoms with Gasteiger partial charge in [-0.1, -0.05) is 0 Å². The average Bonchev–Trinajstić information content (AvgIpc) is 1.79. The maximum absolute atomic E-state index is 10.4. The van der Waals surface area contributed by atoms with E-state index in [0.29, 0.717) is 12.8 Å². The van der Waals surface area contributed by atoms with Gasteiger partial charge >= 0.3 is 0 Å². The fourth-order valence-corrected chi connectivity index (χ4v) is 0.808. The molecule has 0 aliphatic heterocycles. The molecule has 0 saturated carbocycles. The molecule has 0 spiro atoms. The second-order valence-electron chi connectivity index (χ2n) is 2.30. The lowest BCUT2D eigenvalue weighted by atomic mass is 10.1. The number of carbonyl (C=O) groups is 2. The van der Waals surface area contributed by atoms with Gasteiger partial charge in [-0.15, -0.1) is 12.6 Å². The van der Waals surface area contributed by atoms with E-state index in [4.69, 9.17) is 0 Å². The predicted octanol–water partition coefficient (Wildman–Crippen LogP) is 1.59. The van der Waals surface area contributed by atoms with Gasteiger partial charge < -0.3 is 4.79 Å². The molecule has 0 aromatic rings. The Bertz CT molecular complexity index is 116. The van der Waals surface area contributed by atoms with Gasteiger partial charge in [0.2, 0.25) is 0 Å². The van der Waals surface area contributed by atoms with Crippen LogP contribution in [0.25, 0.3) is 0 Å². The Morgan fingerprint density at radius 3 is 2.10 bits per heavy atom. The molecule has 10 heavy (non-hydrogen) atoms. The van der Waals surface area contributed by atoms with Gasteiger partial charge in [0.15, 0.2) is 5.12 Å². The first-order chi connectivity index (χ1) is 4.63. The van der Waals surface area contributed by atoms with E-state index >= 15 is 0 Å². The zero-order valence-electron chi connectivity index (χ0n) is 6.09. The number of thiol groups is 1. The molecule has 0 N–H and O–H groups in total. The Kier molecular flexibility index (Phi) is 5.30. The molecule has 0 atom stereocenters. The largest absolute Gasteiger partial charge is 0.300 e. The van der Waals surface area contributed by atoms with Crippen molar-refractivity contribution in [3.05, 3.63) is 0 Å². The predicted molar refractivity (Wildman–Crippen MR) is 43.1 cm³/mol. The van der Waals surface area contributed by atoms with E-state index in [2.05, 4.69) is 12.6 Å². The molecule has 0 bridgehead atoms. The first-order valence-corrected chi connectivity index (χ1v) is 3.79. The smallest absolute Gasteiger partial charge is 0.185 e. The fourth-order valence-electron chi connectivity index (χ4n) is 0.650. The van der Waals surface area contributed by atoms with Gasteiger partial charge in [0.1, 0.15) is 5.78 Å². The molecule has 0 fully saturated rings. The van der Waals surface area contributed by atoms with Gasteiger partial charge in [0.25, 0.3) is 0 Å². The van der Waals surface area contributed by atoms with Crippen LogP contribution in [0, 0.1) is 0 Å². The van der Waals surface area contributed by atoms with Crippen molar-refractivity contribution in [3.63, 3.8) is 0 Å². The Labute approximate surface area is 66.4 Å². The summed E-state index contributed by atoms with van der Waals surface area (Å²) in [5.74, 6) is 0.187. The Hall–Kier alpha value is -0.310. The minimum absolute atomic E-state index is 0.0939. The maximum Gasteiger partial charge on any atom is 0.185 e. The van der Waals surface area contributed by atoms with Crippen LogP contribution >= 0.6 is 12.6 Å². The molecular weight excluding hydrogens is 148 g/mol. The highest BCUT2D eigenvalue weighted by Gasteiger charge is 1.96. The Balaban J connectivity index is 3.06. The lowest BCUT2D eigenvalue weighted by Crippen LogP contribution is -1.91. The van der Waals surface area contributed by atoms with Crippen molar-refractivity contribution in [1.82, 2.24) is 0 Å². The number of Topliss-reactive ketones (excluding diaryl/α,β-unsaturated/α-hetero) is 1. The SMILES string of the molecule is CC(=O)CCCCC(=O)S. The summed E-state index contributed by atoms with van der Waals surface area (Å²) in [7, 11) is 0. The van der Waals surface area contributed by atoms with Crippen molar-refractivity contribution in [2.45, 2.75) is 32.6 Å². The molecule has 0 rings (SSSR count). The zero-order valence-corrected chi connectivity index (χ0v) is 6.99. The summed E-state index contributed by atoms with van der Waals surface area (Å²) in [5, 5.41) is -0.0939. The first kappa shape index (κ1) is 9.69. The summed E-state index contributed by atoms with van der Waals surface area (Å²) in [5.41, 5.74) is 0. The fraction of sp³-hybridized carbons (Fsp3) is 0.714. The van der Waals surface area contributed by atoms with Crippen LogP contribution < -0.4 is 0 Å². The molecule has 0 aromatic carbocycles. The third-order valence-corrected chi connectivity index (χ3v) is 1.39. The molecule has 2 nitrogen and oxygen atoms in total. The second kappa shape index (κ2) is 5.47. The number of rotatable bonds is 5. The van der Waals surface area contributed by atoms with Crippen LogP contribution in [0.4, 0.5) is 0 Å². The van der Waals surface area contributed by atoms with Crippen LogP contribution in [-0.2, 0) is 9.59 Å². The molecule has 0 unspecified atom stereocenters. The second-order valence-corrected chi connectivity index (χ2v) is 2.80. The maximum atomic E-state index is 10.4. The van der Waals surface area contributed by atoms with Crippen LogP contribution in [0.15, 0.2) is 0 Å². The van der Waals surface area contributed by atoms with Crippen molar-refractivity contribution in [3.8, 4) is 0 Å². The van der Waals surface area contributed by atoms with Crippen molar-refractivity contribution < 1.29 is 9.59 Å². The van der Waals surface area contributed by atoms with Crippen molar-refractivity contribution >= 4 is 23.5 Å². The molecule has 0 saturated heterocycles. The van der Waals surface area contributed by atoms with E-state index in [0.717, 1.165) is 12.8 Å². The zero-order chi connectivity index (χ0) is 7.98. The summed E-state index contributed by atoms with van der Waals surface area (Å²) in [4.78, 5) is 20.7. The van der Waals surface area contributed by atoms with E-state index in [1.54, 1.807) is 6.92 Å². The number of hydrogen-bond donors (Lipinski definition) is 1. The molecule has 0 radical (unpaired) electrons. The number of hydrogen-bond acceptors (Lipinski definition) is 2. The van der Waals surface area contributed by atoms with Gasteiger partial charge in [0, 0.05) is 12.8 Å². The summed E-state index contributed by atoms with van der Waals surface area (Å²) >= 11 is 3.60. The summed E-state index contributed by atoms with van der Waals surface area (Å²) in [6, 6.07) is 0. The van der Waals surface area contributed by atoms with Crippen LogP contribution in [0.5, 0.6) is 0 Å². The summed E-state index contributed by atoms with van der Waals surface area (Å²) in [6.07, 6.45) is 2.65. The van der Waals surface area contributed by atoms with E-state index in [1.807, 2.05) is 0 Å². The third kappa shape index (κ3) is 7.69. The van der Waals surface area contributed by atoms with Gasteiger partial charge in [-0.05, 0) is 19.8 Å². The molecule has 0 aromatic heterocycles. The minimum atomic E-state index is -0.0939. The van der Waals surface area contributed by atoms with E-state index < -0.39 is 0 Å². The van der Waals surface area contributed by atoms with Gasteiger partial charge in [-0.25, -0.2) is 0 Å². The summed E-state index contributed by atoms with van der Waals surface area (Å²) in [6.45, 7) is 1.56. The van der Waals surface area contributed by atoms with Crippen LogP contribution in [0.2, 0.25) is 0 Å². The minimum Gasteiger partial charge on any atom is -0.300 e. The Morgan fingerprint density at radius 2 is 1.70 bits per heavy atom. The lowest BCUT2D eigenvalue weighted by Gasteiger charge is -1.93. The molecule has 0 amide bonds. The standard InChI is InChI=1S/C7H12O2S/c1-6(8)4-2-3-5-7(9)10/h2-5H2,1H3,(H,9,10). The van der Waals surface area contributed by atoms with Gasteiger partial charge in [-0.2, -0.15) is 0 Å². The van der Waals surface area contributed by atoms with Crippen LogP contribution in [0.1, 0.15) is 32.6 Å². The number of carbonyl (C=O) groups excluding carboxylic acids is 2. The van der Waals surface area contributed by atoms with E-state index in [9.17, 15) is 9.59 Å². The molecule has 0 aliphatic rings. The highest BCUT2D eigenvalue weighted by molar-refractivity contribution is 7.96. The highest BCUT2D eigenvalue weighted by Crippen LogP contribution is 2.01. The molecule has 58 valence electrons. The normalized spacial score (nSPS) is 9.40. The van der Waals surface area contributed by atoms with Crippen molar-refractivity contribution in [2.24, 2.45) is 0 Å². The van der Waals surface area contributed by atoms with Crippen LogP contribution in [-0.4, -0.2) is 10.9 Å². The first-order valence-electron chi connectivity index (χ1n) is 3.34. The highest BCUT2D eigenvalue weighted by atomic mass is 32.1. The quantitative estimate of drug-likeness (QED) is 0.489. The van der Waals surface area contributed by atoms with Gasteiger partial charge in [-0.3, -0.25) is 4.79 Å². The molecular formula is C7H12O2S. The van der Waals surface area contributed by atoms with E-state index in [-0.39, 0.29) is 10.9 Å². The molecule has 0 aliphatic carbocycles. The number of unbranched alkanes of at least 4 members (excludes halogenated alkanes) is 1. The van der Waals surface area contributed by atoms with Crippen LogP contribution in [0.3, 0.4) is 0 Å². The molecule has 3 heteroatoms. The van der Waals surface area contributed by atoms with Gasteiger partial charge in [0.05, 0.1) is 0 Å². The third-order valence-electron chi connectivity index (χ3n) is 1.17. The number of ketones is 1. The monoisotopic (exact) mass is 160 g/mol. The topological polar surface area (TPSA) is 34.1 Å². The average molecular weight is 160 g/mol. The van der Waals surface area contributed by atoms with Crippen molar-refractivity contribution in [2.75, 3.05) is 0 Å². The lowest BCUT2D eigenvalue weighted by molar-refractivity contribution is -0.117. The summed E-state index contributed by atoms with van der Waals surface area (Å²) < 4.78 is 0. The Morgan fingerprint density at radius 1 is 1.20 bits per heavy atom. The molecule has 0 heterocycles.